The minimum absolute atomic E-state index is 1.01. The number of hydrogen-bond acceptors (Lipinski definition) is 2. The fourth-order valence-electron chi connectivity index (χ4n) is 0.234. The molecule has 9 heavy (non-hydrogen) atoms. The lowest BCUT2D eigenvalue weighted by Crippen LogP contribution is -1.96. The van der Waals surface area contributed by atoms with Crippen LogP contribution in [0.3, 0.4) is 0 Å². The summed E-state index contributed by atoms with van der Waals surface area (Å²) in [6.07, 6.45) is 1.16. The van der Waals surface area contributed by atoms with E-state index >= 15 is 0 Å². The van der Waals surface area contributed by atoms with Crippen LogP contribution in [0, 0.1) is 0 Å². The summed E-state index contributed by atoms with van der Waals surface area (Å²) < 4.78 is 14.8. The Morgan fingerprint density at radius 1 is 2.00 bits per heavy atom. The van der Waals surface area contributed by atoms with Crippen molar-refractivity contribution in [1.82, 2.24) is 0 Å². The molecule has 0 aromatic rings. The van der Waals surface area contributed by atoms with Crippen LogP contribution in [0.5, 0.6) is 0 Å². The summed E-state index contributed by atoms with van der Waals surface area (Å²) in [5.41, 5.74) is 0. The normalized spacial score (nSPS) is 20.3. The van der Waals surface area contributed by atoms with Crippen molar-refractivity contribution < 1.29 is 14.0 Å². The maximum atomic E-state index is 10.6. The molecule has 2 unspecified atom stereocenters. The van der Waals surface area contributed by atoms with Crippen molar-refractivity contribution in [3.05, 3.63) is 12.7 Å². The second kappa shape index (κ2) is 3.37. The zero-order valence-corrected chi connectivity index (χ0v) is 6.60. The van der Waals surface area contributed by atoms with Gasteiger partial charge in [-0.3, -0.25) is 4.57 Å². The number of hydrogen-bond donors (Lipinski definition) is 1. The smallest absolute Gasteiger partial charge is 0.323 e. The van der Waals surface area contributed by atoms with Crippen molar-refractivity contribution in [2.24, 2.45) is 0 Å². The first-order valence-electron chi connectivity index (χ1n) is 2.19. The van der Waals surface area contributed by atoms with E-state index in [9.17, 15) is 4.57 Å². The van der Waals surface area contributed by atoms with Crippen LogP contribution in [-0.4, -0.2) is 17.1 Å². The molecular weight excluding hydrogens is 162 g/mol. The quantitative estimate of drug-likeness (QED) is 0.397. The van der Waals surface area contributed by atoms with Gasteiger partial charge < -0.3 is 9.42 Å². The highest BCUT2D eigenvalue weighted by Gasteiger charge is 2.25. The van der Waals surface area contributed by atoms with Crippen LogP contribution in [0.15, 0.2) is 12.7 Å². The standard InChI is InChI=1S/C4H8ClO3P/c1-3-4(5)9(6,7)8-2/h3-4H,1H2,2H3,(H,6,7). The Kier molecular flexibility index (Phi) is 3.44. The van der Waals surface area contributed by atoms with Gasteiger partial charge in [0.1, 0.15) is 0 Å². The third-order valence-corrected chi connectivity index (χ3v) is 3.04. The number of alkyl halides is 1. The molecule has 1 N–H and O–H groups in total. The van der Waals surface area contributed by atoms with Crippen molar-refractivity contribution in [2.75, 3.05) is 7.11 Å². The van der Waals surface area contributed by atoms with E-state index in [2.05, 4.69) is 11.1 Å². The molecule has 2 atom stereocenters. The van der Waals surface area contributed by atoms with Gasteiger partial charge in [0.15, 0.2) is 5.12 Å². The van der Waals surface area contributed by atoms with E-state index in [4.69, 9.17) is 16.5 Å². The van der Waals surface area contributed by atoms with Gasteiger partial charge in [-0.05, 0) is 0 Å². The summed E-state index contributed by atoms with van der Waals surface area (Å²) in [7, 11) is -2.49. The molecule has 0 rings (SSSR count). The Morgan fingerprint density at radius 3 is 2.56 bits per heavy atom. The predicted molar refractivity (Wildman–Crippen MR) is 36.7 cm³/mol. The molecule has 0 aromatic heterocycles. The molecule has 0 saturated carbocycles. The molecular formula is C4H8ClO3P. The largest absolute Gasteiger partial charge is 0.349 e. The molecule has 0 aliphatic heterocycles. The molecule has 0 aliphatic carbocycles. The molecule has 54 valence electrons. The van der Waals surface area contributed by atoms with Crippen LogP contribution in [-0.2, 0) is 9.09 Å². The average molecular weight is 171 g/mol. The maximum Gasteiger partial charge on any atom is 0.349 e. The lowest BCUT2D eigenvalue weighted by atomic mass is 10.8. The minimum Gasteiger partial charge on any atom is -0.323 e. The SMILES string of the molecule is C=CC(Cl)P(=O)(O)OC. The van der Waals surface area contributed by atoms with Crippen LogP contribution in [0.4, 0.5) is 0 Å². The first kappa shape index (κ1) is 9.18. The fraction of sp³-hybridized carbons (Fsp3) is 0.500. The summed E-state index contributed by atoms with van der Waals surface area (Å²) in [6.45, 7) is 3.23. The molecule has 0 heterocycles. The summed E-state index contributed by atoms with van der Waals surface area (Å²) in [5.74, 6) is 0. The number of allylic oxidation sites excluding steroid dienone is 1. The van der Waals surface area contributed by atoms with Crippen LogP contribution < -0.4 is 0 Å². The first-order chi connectivity index (χ1) is 4.04. The second-order valence-electron chi connectivity index (χ2n) is 1.36. The van der Waals surface area contributed by atoms with Gasteiger partial charge in [0, 0.05) is 7.11 Å². The van der Waals surface area contributed by atoms with Gasteiger partial charge in [-0.1, -0.05) is 6.08 Å². The predicted octanol–water partition coefficient (Wildman–Crippen LogP) is 1.57. The first-order valence-corrected chi connectivity index (χ1v) is 4.27. The van der Waals surface area contributed by atoms with Gasteiger partial charge in [0.05, 0.1) is 0 Å². The highest BCUT2D eigenvalue weighted by atomic mass is 35.5. The highest BCUT2D eigenvalue weighted by Crippen LogP contribution is 2.48. The van der Waals surface area contributed by atoms with E-state index in [1.165, 1.54) is 0 Å². The summed E-state index contributed by atoms with van der Waals surface area (Å²) in [6, 6.07) is 0. The van der Waals surface area contributed by atoms with Crippen LogP contribution in [0.25, 0.3) is 0 Å². The Labute approximate surface area is 58.8 Å². The van der Waals surface area contributed by atoms with E-state index in [1.807, 2.05) is 0 Å². The molecule has 0 spiro atoms. The number of rotatable bonds is 3. The number of halogens is 1. The third-order valence-electron chi connectivity index (χ3n) is 0.768. The van der Waals surface area contributed by atoms with Crippen LogP contribution in [0.2, 0.25) is 0 Å². The average Bonchev–Trinajstić information content (AvgIpc) is 1.86. The molecule has 0 radical (unpaired) electrons. The maximum absolute atomic E-state index is 10.6. The van der Waals surface area contributed by atoms with E-state index in [0.29, 0.717) is 0 Å². The molecule has 0 bridgehead atoms. The zero-order valence-electron chi connectivity index (χ0n) is 4.95. The van der Waals surface area contributed by atoms with Gasteiger partial charge in [-0.2, -0.15) is 0 Å². The van der Waals surface area contributed by atoms with Crippen molar-refractivity contribution in [3.63, 3.8) is 0 Å². The van der Waals surface area contributed by atoms with Crippen molar-refractivity contribution in [3.8, 4) is 0 Å². The van der Waals surface area contributed by atoms with E-state index < -0.39 is 12.7 Å². The molecule has 0 saturated heterocycles. The lowest BCUT2D eigenvalue weighted by Gasteiger charge is -2.09. The van der Waals surface area contributed by atoms with E-state index in [1.54, 1.807) is 0 Å². The van der Waals surface area contributed by atoms with Gasteiger partial charge in [0.25, 0.3) is 0 Å². The minimum atomic E-state index is -3.62. The summed E-state index contributed by atoms with van der Waals surface area (Å²) in [4.78, 5) is 8.72. The van der Waals surface area contributed by atoms with Crippen molar-refractivity contribution >= 4 is 19.2 Å². The molecule has 0 fully saturated rings. The van der Waals surface area contributed by atoms with Gasteiger partial charge in [-0.25, -0.2) is 0 Å². The van der Waals surface area contributed by atoms with Crippen LogP contribution in [0.1, 0.15) is 0 Å². The van der Waals surface area contributed by atoms with E-state index in [-0.39, 0.29) is 0 Å². The Hall–Kier alpha value is 0.180. The molecule has 5 heteroatoms. The van der Waals surface area contributed by atoms with Crippen molar-refractivity contribution in [2.45, 2.75) is 5.12 Å². The highest BCUT2D eigenvalue weighted by molar-refractivity contribution is 7.55. The molecule has 0 aromatic carbocycles. The zero-order chi connectivity index (χ0) is 7.49. The van der Waals surface area contributed by atoms with Gasteiger partial charge >= 0.3 is 7.60 Å². The Morgan fingerprint density at radius 2 is 2.44 bits per heavy atom. The molecule has 3 nitrogen and oxygen atoms in total. The topological polar surface area (TPSA) is 46.5 Å². The Bertz CT molecular complexity index is 147. The fourth-order valence-corrected chi connectivity index (χ4v) is 0.941. The molecule has 0 amide bonds. The van der Waals surface area contributed by atoms with Crippen molar-refractivity contribution in [1.29, 1.82) is 0 Å². The second-order valence-corrected chi connectivity index (χ2v) is 4.18. The Balaban J connectivity index is 4.14. The van der Waals surface area contributed by atoms with E-state index in [0.717, 1.165) is 13.2 Å². The summed E-state index contributed by atoms with van der Waals surface area (Å²) >= 11 is 5.30. The lowest BCUT2D eigenvalue weighted by molar-refractivity contribution is 0.316. The molecule has 0 aliphatic rings. The van der Waals surface area contributed by atoms with Crippen LogP contribution >= 0.6 is 19.2 Å². The van der Waals surface area contributed by atoms with Gasteiger partial charge in [-0.15, -0.1) is 18.2 Å². The monoisotopic (exact) mass is 170 g/mol. The van der Waals surface area contributed by atoms with Gasteiger partial charge in [0.2, 0.25) is 0 Å². The summed E-state index contributed by atoms with van der Waals surface area (Å²) in [5, 5.41) is -1.01. The third kappa shape index (κ3) is 2.50.